The summed E-state index contributed by atoms with van der Waals surface area (Å²) in [7, 11) is -1.58. The molecule has 2 heterocycles. The zero-order valence-electron chi connectivity index (χ0n) is 9.52. The van der Waals surface area contributed by atoms with Crippen LogP contribution in [0.25, 0.3) is 0 Å². The van der Waals surface area contributed by atoms with E-state index in [0.717, 1.165) is 29.0 Å². The summed E-state index contributed by atoms with van der Waals surface area (Å²) in [5, 5.41) is 5.83. The molecule has 0 amide bonds. The van der Waals surface area contributed by atoms with Gasteiger partial charge in [0, 0.05) is 16.9 Å². The quantitative estimate of drug-likeness (QED) is 0.911. The van der Waals surface area contributed by atoms with E-state index < -0.39 is 10.0 Å². The molecule has 1 aliphatic rings. The summed E-state index contributed by atoms with van der Waals surface area (Å²) in [5.41, 5.74) is 0. The molecule has 1 N–H and O–H groups in total. The lowest BCUT2D eigenvalue weighted by Gasteiger charge is -2.19. The molecule has 2 rings (SSSR count). The molecule has 0 aliphatic carbocycles. The largest absolute Gasteiger partial charge is 0.316 e. The molecule has 4 nitrogen and oxygen atoms in total. The van der Waals surface area contributed by atoms with Gasteiger partial charge in [0.15, 0.2) is 0 Å². The molecule has 7 heteroatoms. The second-order valence-electron chi connectivity index (χ2n) is 4.21. The van der Waals surface area contributed by atoms with Crippen LogP contribution in [0.1, 0.15) is 6.42 Å². The van der Waals surface area contributed by atoms with Gasteiger partial charge in [-0.25, -0.2) is 8.42 Å². The van der Waals surface area contributed by atoms with E-state index in [1.165, 1.54) is 15.6 Å². The SMILES string of the molecule is CN(c1cc(Br)cs1)S(=O)(=O)CC1CCNC1. The van der Waals surface area contributed by atoms with Gasteiger partial charge in [0.1, 0.15) is 5.00 Å². The molecule has 0 bridgehead atoms. The van der Waals surface area contributed by atoms with Crippen LogP contribution >= 0.6 is 27.3 Å². The van der Waals surface area contributed by atoms with Gasteiger partial charge in [-0.1, -0.05) is 0 Å². The Balaban J connectivity index is 2.09. The van der Waals surface area contributed by atoms with Crippen molar-refractivity contribution in [1.29, 1.82) is 0 Å². The Morgan fingerprint density at radius 3 is 2.94 bits per heavy atom. The number of nitrogens with zero attached hydrogens (tertiary/aromatic N) is 1. The van der Waals surface area contributed by atoms with Crippen molar-refractivity contribution in [2.24, 2.45) is 5.92 Å². The van der Waals surface area contributed by atoms with Crippen LogP contribution in [0.5, 0.6) is 0 Å². The van der Waals surface area contributed by atoms with E-state index in [1.54, 1.807) is 7.05 Å². The van der Waals surface area contributed by atoms with Crippen molar-refractivity contribution in [2.45, 2.75) is 6.42 Å². The minimum absolute atomic E-state index is 0.228. The molecule has 96 valence electrons. The van der Waals surface area contributed by atoms with Crippen molar-refractivity contribution in [3.8, 4) is 0 Å². The Bertz CT molecular complexity index is 480. The van der Waals surface area contributed by atoms with Crippen molar-refractivity contribution >= 4 is 42.3 Å². The summed E-state index contributed by atoms with van der Waals surface area (Å²) >= 11 is 4.76. The van der Waals surface area contributed by atoms with Crippen molar-refractivity contribution in [1.82, 2.24) is 5.32 Å². The van der Waals surface area contributed by atoms with Crippen LogP contribution in [0.2, 0.25) is 0 Å². The first kappa shape index (κ1) is 13.3. The lowest BCUT2D eigenvalue weighted by molar-refractivity contribution is 0.569. The van der Waals surface area contributed by atoms with Gasteiger partial charge in [-0.3, -0.25) is 4.31 Å². The van der Waals surface area contributed by atoms with Crippen LogP contribution in [0.15, 0.2) is 15.9 Å². The summed E-state index contributed by atoms with van der Waals surface area (Å²) in [6, 6.07) is 1.83. The molecule has 1 aliphatic heterocycles. The molecule has 0 saturated carbocycles. The maximum atomic E-state index is 12.2. The number of anilines is 1. The molecule has 1 saturated heterocycles. The Kier molecular flexibility index (Phi) is 4.12. The third kappa shape index (κ3) is 3.21. The molecule has 1 aromatic heterocycles. The average molecular weight is 339 g/mol. The van der Waals surface area contributed by atoms with Gasteiger partial charge in [0.2, 0.25) is 10.0 Å². The lowest BCUT2D eigenvalue weighted by atomic mass is 10.2. The smallest absolute Gasteiger partial charge is 0.235 e. The maximum Gasteiger partial charge on any atom is 0.235 e. The highest BCUT2D eigenvalue weighted by Crippen LogP contribution is 2.29. The van der Waals surface area contributed by atoms with Crippen LogP contribution in [0.4, 0.5) is 5.00 Å². The number of rotatable bonds is 4. The number of halogens is 1. The fourth-order valence-corrected chi connectivity index (χ4v) is 5.07. The molecule has 0 aromatic carbocycles. The molecule has 1 aromatic rings. The topological polar surface area (TPSA) is 49.4 Å². The molecule has 0 spiro atoms. The van der Waals surface area contributed by atoms with Crippen molar-refractivity contribution in [2.75, 3.05) is 30.2 Å². The van der Waals surface area contributed by atoms with Crippen molar-refractivity contribution < 1.29 is 8.42 Å². The Hall–Kier alpha value is -0.110. The Morgan fingerprint density at radius 2 is 2.41 bits per heavy atom. The zero-order valence-corrected chi connectivity index (χ0v) is 12.7. The highest BCUT2D eigenvalue weighted by atomic mass is 79.9. The van der Waals surface area contributed by atoms with Crippen LogP contribution in [0, 0.1) is 5.92 Å². The number of hydrogen-bond donors (Lipinski definition) is 1. The van der Waals surface area contributed by atoms with Gasteiger partial charge in [-0.15, -0.1) is 11.3 Å². The second kappa shape index (κ2) is 5.26. The number of sulfonamides is 1. The van der Waals surface area contributed by atoms with E-state index in [4.69, 9.17) is 0 Å². The van der Waals surface area contributed by atoms with Gasteiger partial charge in [-0.05, 0) is 47.4 Å². The van der Waals surface area contributed by atoms with E-state index in [0.29, 0.717) is 0 Å². The fourth-order valence-electron chi connectivity index (χ4n) is 1.87. The summed E-state index contributed by atoms with van der Waals surface area (Å²) in [6.07, 6.45) is 0.946. The van der Waals surface area contributed by atoms with Crippen LogP contribution in [-0.4, -0.2) is 34.3 Å². The van der Waals surface area contributed by atoms with E-state index in [9.17, 15) is 8.42 Å². The molecule has 17 heavy (non-hydrogen) atoms. The summed E-state index contributed by atoms with van der Waals surface area (Å²) < 4.78 is 26.7. The molecule has 1 fully saturated rings. The minimum atomic E-state index is -3.20. The Labute approximate surface area is 114 Å². The zero-order chi connectivity index (χ0) is 12.5. The van der Waals surface area contributed by atoms with Crippen molar-refractivity contribution in [3.63, 3.8) is 0 Å². The predicted octanol–water partition coefficient (Wildman–Crippen LogP) is 1.89. The van der Waals surface area contributed by atoms with Gasteiger partial charge in [-0.2, -0.15) is 0 Å². The van der Waals surface area contributed by atoms with Crippen LogP contribution in [0.3, 0.4) is 0 Å². The average Bonchev–Trinajstić information content (AvgIpc) is 2.88. The van der Waals surface area contributed by atoms with Crippen molar-refractivity contribution in [3.05, 3.63) is 15.9 Å². The number of nitrogens with one attached hydrogen (secondary N) is 1. The van der Waals surface area contributed by atoms with E-state index in [-0.39, 0.29) is 11.7 Å². The highest BCUT2D eigenvalue weighted by Gasteiger charge is 2.26. The number of thiophene rings is 1. The third-order valence-electron chi connectivity index (χ3n) is 2.89. The minimum Gasteiger partial charge on any atom is -0.316 e. The normalized spacial score (nSPS) is 20.7. The predicted molar refractivity (Wildman–Crippen MR) is 75.2 cm³/mol. The number of hydrogen-bond acceptors (Lipinski definition) is 4. The van der Waals surface area contributed by atoms with E-state index in [2.05, 4.69) is 21.2 Å². The van der Waals surface area contributed by atoms with Gasteiger partial charge >= 0.3 is 0 Å². The fraction of sp³-hybridized carbons (Fsp3) is 0.600. The maximum absolute atomic E-state index is 12.2. The summed E-state index contributed by atoms with van der Waals surface area (Å²) in [5.74, 6) is 0.470. The van der Waals surface area contributed by atoms with Gasteiger partial charge in [0.05, 0.1) is 5.75 Å². The first-order valence-electron chi connectivity index (χ1n) is 5.40. The lowest BCUT2D eigenvalue weighted by Crippen LogP contribution is -2.32. The van der Waals surface area contributed by atoms with Crippen LogP contribution in [-0.2, 0) is 10.0 Å². The molecular weight excluding hydrogens is 324 g/mol. The Morgan fingerprint density at radius 1 is 1.65 bits per heavy atom. The summed E-state index contributed by atoms with van der Waals surface area (Å²) in [4.78, 5) is 0. The molecule has 0 radical (unpaired) electrons. The second-order valence-corrected chi connectivity index (χ2v) is 8.06. The van der Waals surface area contributed by atoms with Gasteiger partial charge in [0.25, 0.3) is 0 Å². The first-order valence-corrected chi connectivity index (χ1v) is 8.68. The monoisotopic (exact) mass is 338 g/mol. The highest BCUT2D eigenvalue weighted by molar-refractivity contribution is 9.10. The third-order valence-corrected chi connectivity index (χ3v) is 6.70. The van der Waals surface area contributed by atoms with Gasteiger partial charge < -0.3 is 5.32 Å². The molecular formula is C10H15BrN2O2S2. The van der Waals surface area contributed by atoms with E-state index >= 15 is 0 Å². The van der Waals surface area contributed by atoms with E-state index in [1.807, 2.05) is 11.4 Å². The first-order chi connectivity index (χ1) is 7.99. The molecule has 1 atom stereocenters. The van der Waals surface area contributed by atoms with Crippen LogP contribution < -0.4 is 9.62 Å². The standard InChI is InChI=1S/C10H15BrN2O2S2/c1-13(10-4-9(11)6-16-10)17(14,15)7-8-2-3-12-5-8/h4,6,8,12H,2-3,5,7H2,1H3. The molecule has 1 unspecified atom stereocenters. The summed E-state index contributed by atoms with van der Waals surface area (Å²) in [6.45, 7) is 1.73.